The van der Waals surface area contributed by atoms with Gasteiger partial charge in [-0.3, -0.25) is 4.99 Å². The van der Waals surface area contributed by atoms with Crippen LogP contribution in [0.1, 0.15) is 23.7 Å². The lowest BCUT2D eigenvalue weighted by Gasteiger charge is -2.36. The van der Waals surface area contributed by atoms with Crippen molar-refractivity contribution in [1.82, 2.24) is 9.80 Å². The van der Waals surface area contributed by atoms with Gasteiger partial charge in [0.2, 0.25) is 0 Å². The van der Waals surface area contributed by atoms with Crippen LogP contribution in [0, 0.1) is 0 Å². The number of piperazine rings is 1. The lowest BCUT2D eigenvalue weighted by Crippen LogP contribution is -2.52. The fraction of sp³-hybridized carbons (Fsp3) is 0.526. The van der Waals surface area contributed by atoms with Crippen molar-refractivity contribution in [2.24, 2.45) is 4.99 Å². The van der Waals surface area contributed by atoms with Crippen LogP contribution in [0.5, 0.6) is 0 Å². The second kappa shape index (κ2) is 11.1. The summed E-state index contributed by atoms with van der Waals surface area (Å²) in [4.78, 5) is 31.4. The van der Waals surface area contributed by atoms with Crippen molar-refractivity contribution in [3.05, 3.63) is 29.8 Å². The van der Waals surface area contributed by atoms with Crippen molar-refractivity contribution in [1.29, 1.82) is 0 Å². The molecule has 2 N–H and O–H groups in total. The third-order valence-corrected chi connectivity index (χ3v) is 4.24. The Labute approximate surface area is 164 Å². The summed E-state index contributed by atoms with van der Waals surface area (Å²) in [7, 11) is 1.65. The van der Waals surface area contributed by atoms with E-state index in [-0.39, 0.29) is 11.7 Å². The largest absolute Gasteiger partial charge is 0.478 e. The van der Waals surface area contributed by atoms with Gasteiger partial charge in [0.05, 0.1) is 12.2 Å². The van der Waals surface area contributed by atoms with E-state index in [1.165, 1.54) is 0 Å². The van der Waals surface area contributed by atoms with Gasteiger partial charge in [-0.15, -0.1) is 0 Å². The fourth-order valence-corrected chi connectivity index (χ4v) is 2.79. The van der Waals surface area contributed by atoms with E-state index in [1.807, 2.05) is 0 Å². The zero-order valence-corrected chi connectivity index (χ0v) is 16.4. The Morgan fingerprint density at radius 2 is 1.93 bits per heavy atom. The molecule has 0 unspecified atom stereocenters. The molecule has 1 saturated heterocycles. The van der Waals surface area contributed by atoms with Crippen molar-refractivity contribution >= 4 is 23.7 Å². The Bertz CT molecular complexity index is 687. The molecule has 0 bridgehead atoms. The molecule has 0 aliphatic carbocycles. The molecule has 1 aromatic rings. The molecule has 1 heterocycles. The molecule has 9 heteroatoms. The zero-order chi connectivity index (χ0) is 20.4. The van der Waals surface area contributed by atoms with Crippen molar-refractivity contribution in [3.8, 4) is 0 Å². The second-order valence-electron chi connectivity index (χ2n) is 6.24. The summed E-state index contributed by atoms with van der Waals surface area (Å²) in [5.74, 6) is -0.326. The molecule has 0 atom stereocenters. The van der Waals surface area contributed by atoms with Crippen LogP contribution in [0.25, 0.3) is 0 Å². The van der Waals surface area contributed by atoms with E-state index in [2.05, 4.69) is 15.2 Å². The van der Waals surface area contributed by atoms with Gasteiger partial charge in [0, 0.05) is 52.1 Å². The Morgan fingerprint density at radius 1 is 1.21 bits per heavy atom. The summed E-state index contributed by atoms with van der Waals surface area (Å²) in [5.41, 5.74) is 0.856. The number of amides is 1. The first-order valence-electron chi connectivity index (χ1n) is 9.35. The highest BCUT2D eigenvalue weighted by atomic mass is 16.6. The quantitative estimate of drug-likeness (QED) is 0.415. The molecule has 28 heavy (non-hydrogen) atoms. The summed E-state index contributed by atoms with van der Waals surface area (Å²) >= 11 is 0. The van der Waals surface area contributed by atoms with Crippen LogP contribution in [0.2, 0.25) is 0 Å². The predicted molar refractivity (Wildman–Crippen MR) is 106 cm³/mol. The van der Waals surface area contributed by atoms with E-state index in [1.54, 1.807) is 43.2 Å². The highest BCUT2D eigenvalue weighted by Gasteiger charge is 2.24. The van der Waals surface area contributed by atoms with Crippen LogP contribution < -0.4 is 5.32 Å². The van der Waals surface area contributed by atoms with Gasteiger partial charge in [0.1, 0.15) is 0 Å². The maximum atomic E-state index is 11.9. The molecule has 1 aromatic carbocycles. The Balaban J connectivity index is 2.06. The number of nitrogens with one attached hydrogen (secondary N) is 1. The van der Waals surface area contributed by atoms with Gasteiger partial charge in [0.15, 0.2) is 5.96 Å². The van der Waals surface area contributed by atoms with Gasteiger partial charge >= 0.3 is 12.1 Å². The molecule has 0 radical (unpaired) electrons. The summed E-state index contributed by atoms with van der Waals surface area (Å²) in [6, 6.07) is 6.60. The first kappa shape index (κ1) is 21.5. The zero-order valence-electron chi connectivity index (χ0n) is 16.4. The number of aromatic carboxylic acids is 1. The van der Waals surface area contributed by atoms with Crippen LogP contribution in [0.3, 0.4) is 0 Å². The Hall–Kier alpha value is -2.81. The van der Waals surface area contributed by atoms with E-state index in [9.17, 15) is 14.7 Å². The molecule has 1 amide bonds. The smallest absolute Gasteiger partial charge is 0.409 e. The van der Waals surface area contributed by atoms with E-state index in [0.29, 0.717) is 57.6 Å². The standard InChI is InChI=1S/C19H28N4O5/c1-3-28-19(26)23-11-9-22(10-12-23)18(20-8-5-13-27-2)21-16-7-4-6-15(14-16)17(24)25/h4,6-7,14H,3,5,8-13H2,1-2H3,(H,20,21)(H,24,25). The molecule has 0 spiro atoms. The van der Waals surface area contributed by atoms with Crippen molar-refractivity contribution in [2.75, 3.05) is 58.4 Å². The maximum Gasteiger partial charge on any atom is 0.409 e. The number of guanidine groups is 1. The molecule has 154 valence electrons. The number of methoxy groups -OCH3 is 1. The first-order valence-corrected chi connectivity index (χ1v) is 9.35. The number of carboxylic acids is 1. The minimum atomic E-state index is -0.981. The molecule has 1 fully saturated rings. The Kier molecular flexibility index (Phi) is 8.54. The summed E-state index contributed by atoms with van der Waals surface area (Å²) in [6.45, 7) is 5.61. The summed E-state index contributed by atoms with van der Waals surface area (Å²) in [5, 5.41) is 12.4. The minimum absolute atomic E-state index is 0.205. The number of ether oxygens (including phenoxy) is 2. The van der Waals surface area contributed by atoms with E-state index < -0.39 is 5.97 Å². The predicted octanol–water partition coefficient (Wildman–Crippen LogP) is 1.96. The molecule has 1 aliphatic heterocycles. The highest BCUT2D eigenvalue weighted by molar-refractivity contribution is 5.96. The third-order valence-electron chi connectivity index (χ3n) is 4.24. The minimum Gasteiger partial charge on any atom is -0.478 e. The average Bonchev–Trinajstić information content (AvgIpc) is 2.71. The monoisotopic (exact) mass is 392 g/mol. The third kappa shape index (κ3) is 6.41. The molecule has 1 aliphatic rings. The number of aliphatic imine (C=N–C) groups is 1. The van der Waals surface area contributed by atoms with E-state index >= 15 is 0 Å². The van der Waals surface area contributed by atoms with Crippen LogP contribution in [0.15, 0.2) is 29.3 Å². The van der Waals surface area contributed by atoms with Gasteiger partial charge in [-0.1, -0.05) is 6.07 Å². The number of carbonyl (C=O) groups is 2. The number of rotatable bonds is 7. The number of carbonyl (C=O) groups excluding carboxylic acids is 1. The molecule has 9 nitrogen and oxygen atoms in total. The summed E-state index contributed by atoms with van der Waals surface area (Å²) < 4.78 is 10.1. The van der Waals surface area contributed by atoms with Gasteiger partial charge in [0.25, 0.3) is 0 Å². The van der Waals surface area contributed by atoms with Crippen LogP contribution in [-0.2, 0) is 9.47 Å². The SMILES string of the molecule is CCOC(=O)N1CCN(C(=NCCCOC)Nc2cccc(C(=O)O)c2)CC1. The lowest BCUT2D eigenvalue weighted by atomic mass is 10.2. The van der Waals surface area contributed by atoms with Gasteiger partial charge in [-0.05, 0) is 31.5 Å². The van der Waals surface area contributed by atoms with Crippen molar-refractivity contribution in [3.63, 3.8) is 0 Å². The second-order valence-corrected chi connectivity index (χ2v) is 6.24. The highest BCUT2D eigenvalue weighted by Crippen LogP contribution is 2.13. The first-order chi connectivity index (χ1) is 13.5. The fourth-order valence-electron chi connectivity index (χ4n) is 2.79. The number of nitrogens with zero attached hydrogens (tertiary/aromatic N) is 3. The van der Waals surface area contributed by atoms with E-state index in [4.69, 9.17) is 9.47 Å². The van der Waals surface area contributed by atoms with Crippen LogP contribution in [0.4, 0.5) is 10.5 Å². The van der Waals surface area contributed by atoms with Crippen molar-refractivity contribution < 1.29 is 24.2 Å². The number of hydrogen-bond acceptors (Lipinski definition) is 5. The maximum absolute atomic E-state index is 11.9. The number of hydrogen-bond donors (Lipinski definition) is 2. The van der Waals surface area contributed by atoms with Gasteiger partial charge < -0.3 is 29.7 Å². The molecule has 2 rings (SSSR count). The molecular formula is C19H28N4O5. The number of benzene rings is 1. The Morgan fingerprint density at radius 3 is 2.57 bits per heavy atom. The molecule has 0 aromatic heterocycles. The lowest BCUT2D eigenvalue weighted by molar-refractivity contribution is 0.0696. The van der Waals surface area contributed by atoms with Gasteiger partial charge in [-0.2, -0.15) is 0 Å². The van der Waals surface area contributed by atoms with Crippen molar-refractivity contribution in [2.45, 2.75) is 13.3 Å². The molecule has 0 saturated carbocycles. The summed E-state index contributed by atoms with van der Waals surface area (Å²) in [6.07, 6.45) is 0.475. The molecular weight excluding hydrogens is 364 g/mol. The van der Waals surface area contributed by atoms with E-state index in [0.717, 1.165) is 6.42 Å². The van der Waals surface area contributed by atoms with Crippen LogP contribution >= 0.6 is 0 Å². The average molecular weight is 392 g/mol. The number of anilines is 1. The van der Waals surface area contributed by atoms with Gasteiger partial charge in [-0.25, -0.2) is 9.59 Å². The van der Waals surface area contributed by atoms with Crippen LogP contribution in [-0.4, -0.2) is 86.0 Å². The topological polar surface area (TPSA) is 104 Å². The normalized spacial score (nSPS) is 14.7. The number of carboxylic acid groups (broad SMARTS) is 1.